The molecular formula is C21H22N2O4. The lowest BCUT2D eigenvalue weighted by molar-refractivity contribution is -0.131. The van der Waals surface area contributed by atoms with Crippen LogP contribution in [-0.2, 0) is 16.8 Å². The van der Waals surface area contributed by atoms with Crippen molar-refractivity contribution < 1.29 is 19.1 Å². The van der Waals surface area contributed by atoms with E-state index >= 15 is 0 Å². The van der Waals surface area contributed by atoms with Crippen molar-refractivity contribution in [2.24, 2.45) is 0 Å². The molecule has 0 unspecified atom stereocenters. The monoisotopic (exact) mass is 366 g/mol. The van der Waals surface area contributed by atoms with Gasteiger partial charge in [-0.05, 0) is 43.0 Å². The number of carbonyl (C=O) groups excluding carboxylic acids is 2. The first-order valence-corrected chi connectivity index (χ1v) is 9.16. The van der Waals surface area contributed by atoms with E-state index in [4.69, 9.17) is 9.47 Å². The second kappa shape index (κ2) is 6.95. The third-order valence-electron chi connectivity index (χ3n) is 5.08. The maximum atomic E-state index is 13.0. The number of rotatable bonds is 5. The lowest BCUT2D eigenvalue weighted by atomic mass is 9.91. The van der Waals surface area contributed by atoms with Crippen molar-refractivity contribution in [2.75, 3.05) is 19.8 Å². The number of benzene rings is 2. The van der Waals surface area contributed by atoms with Crippen molar-refractivity contribution in [3.8, 4) is 11.5 Å². The third kappa shape index (κ3) is 3.23. The molecular weight excluding hydrogens is 344 g/mol. The molecule has 1 fully saturated rings. The summed E-state index contributed by atoms with van der Waals surface area (Å²) in [5.41, 5.74) is 0.787. The van der Waals surface area contributed by atoms with Gasteiger partial charge in [-0.15, -0.1) is 0 Å². The molecule has 1 saturated heterocycles. The van der Waals surface area contributed by atoms with Crippen LogP contribution in [0.2, 0.25) is 0 Å². The van der Waals surface area contributed by atoms with E-state index < -0.39 is 5.54 Å². The number of imide groups is 1. The van der Waals surface area contributed by atoms with Gasteiger partial charge in [0.15, 0.2) is 11.5 Å². The van der Waals surface area contributed by atoms with Crippen LogP contribution in [0.4, 0.5) is 4.79 Å². The van der Waals surface area contributed by atoms with Gasteiger partial charge in [0, 0.05) is 6.54 Å². The Labute approximate surface area is 158 Å². The SMILES string of the molecule is C[C@]1(c2ccc3c(c2)OCCO3)NC(=O)N(CCCc2ccccc2)C1=O. The van der Waals surface area contributed by atoms with Gasteiger partial charge < -0.3 is 14.8 Å². The van der Waals surface area contributed by atoms with Crippen molar-refractivity contribution in [3.63, 3.8) is 0 Å². The second-order valence-electron chi connectivity index (χ2n) is 6.96. The van der Waals surface area contributed by atoms with E-state index in [0.717, 1.165) is 12.8 Å². The Bertz CT molecular complexity index is 868. The first-order valence-electron chi connectivity index (χ1n) is 9.16. The number of aryl methyl sites for hydroxylation is 1. The first-order chi connectivity index (χ1) is 13.1. The zero-order valence-corrected chi connectivity index (χ0v) is 15.2. The molecule has 3 amide bonds. The van der Waals surface area contributed by atoms with Crippen molar-refractivity contribution in [1.82, 2.24) is 10.2 Å². The highest BCUT2D eigenvalue weighted by atomic mass is 16.6. The maximum Gasteiger partial charge on any atom is 0.325 e. The molecule has 2 aromatic rings. The normalized spacial score (nSPS) is 21.3. The number of urea groups is 1. The largest absolute Gasteiger partial charge is 0.486 e. The average molecular weight is 366 g/mol. The lowest BCUT2D eigenvalue weighted by Gasteiger charge is -2.25. The zero-order valence-electron chi connectivity index (χ0n) is 15.2. The van der Waals surface area contributed by atoms with Crippen LogP contribution < -0.4 is 14.8 Å². The quantitative estimate of drug-likeness (QED) is 0.827. The Kier molecular flexibility index (Phi) is 4.48. The summed E-state index contributed by atoms with van der Waals surface area (Å²) in [4.78, 5) is 26.8. The summed E-state index contributed by atoms with van der Waals surface area (Å²) in [5.74, 6) is 1.02. The highest BCUT2D eigenvalue weighted by Crippen LogP contribution is 2.36. The molecule has 2 aliphatic heterocycles. The Balaban J connectivity index is 1.48. The summed E-state index contributed by atoms with van der Waals surface area (Å²) in [6.45, 7) is 3.10. The van der Waals surface area contributed by atoms with Crippen molar-refractivity contribution in [2.45, 2.75) is 25.3 Å². The number of ether oxygens (including phenoxy) is 2. The molecule has 0 aromatic heterocycles. The zero-order chi connectivity index (χ0) is 18.9. The molecule has 0 radical (unpaired) electrons. The summed E-state index contributed by atoms with van der Waals surface area (Å²) in [6, 6.07) is 15.1. The van der Waals surface area contributed by atoms with E-state index in [2.05, 4.69) is 5.32 Å². The number of nitrogens with zero attached hydrogens (tertiary/aromatic N) is 1. The number of carbonyl (C=O) groups is 2. The summed E-state index contributed by atoms with van der Waals surface area (Å²) in [5, 5.41) is 2.84. The molecule has 1 atom stereocenters. The lowest BCUT2D eigenvalue weighted by Crippen LogP contribution is -2.41. The maximum absolute atomic E-state index is 13.0. The van der Waals surface area contributed by atoms with Crippen molar-refractivity contribution in [3.05, 3.63) is 59.7 Å². The molecule has 4 rings (SSSR count). The van der Waals surface area contributed by atoms with Crippen LogP contribution in [0.15, 0.2) is 48.5 Å². The van der Waals surface area contributed by atoms with E-state index in [1.54, 1.807) is 25.1 Å². The second-order valence-corrected chi connectivity index (χ2v) is 6.96. The molecule has 1 N–H and O–H groups in total. The van der Waals surface area contributed by atoms with Gasteiger partial charge in [-0.3, -0.25) is 9.69 Å². The summed E-state index contributed by atoms with van der Waals surface area (Å²) < 4.78 is 11.1. The Hall–Kier alpha value is -3.02. The van der Waals surface area contributed by atoms with Gasteiger partial charge in [0.2, 0.25) is 0 Å². The van der Waals surface area contributed by atoms with Crippen LogP contribution in [0.1, 0.15) is 24.5 Å². The van der Waals surface area contributed by atoms with Gasteiger partial charge in [-0.25, -0.2) is 4.79 Å². The molecule has 2 aromatic carbocycles. The predicted molar refractivity (Wildman–Crippen MR) is 99.8 cm³/mol. The molecule has 6 heteroatoms. The molecule has 0 bridgehead atoms. The number of nitrogens with one attached hydrogen (secondary N) is 1. The van der Waals surface area contributed by atoms with Gasteiger partial charge in [-0.2, -0.15) is 0 Å². The molecule has 0 aliphatic carbocycles. The Morgan fingerprint density at radius 3 is 2.56 bits per heavy atom. The third-order valence-corrected chi connectivity index (χ3v) is 5.08. The van der Waals surface area contributed by atoms with Gasteiger partial charge >= 0.3 is 6.03 Å². The molecule has 2 heterocycles. The molecule has 0 spiro atoms. The fourth-order valence-electron chi connectivity index (χ4n) is 3.54. The molecule has 6 nitrogen and oxygen atoms in total. The smallest absolute Gasteiger partial charge is 0.325 e. The van der Waals surface area contributed by atoms with Crippen LogP contribution in [0, 0.1) is 0 Å². The molecule has 27 heavy (non-hydrogen) atoms. The van der Waals surface area contributed by atoms with E-state index in [9.17, 15) is 9.59 Å². The van der Waals surface area contributed by atoms with Crippen LogP contribution in [0.3, 0.4) is 0 Å². The number of fused-ring (bicyclic) bond motifs is 1. The van der Waals surface area contributed by atoms with Crippen LogP contribution in [-0.4, -0.2) is 36.6 Å². The van der Waals surface area contributed by atoms with Gasteiger partial charge in [0.1, 0.15) is 18.8 Å². The van der Waals surface area contributed by atoms with Crippen molar-refractivity contribution >= 4 is 11.9 Å². The van der Waals surface area contributed by atoms with Crippen LogP contribution in [0.25, 0.3) is 0 Å². The fourth-order valence-corrected chi connectivity index (χ4v) is 3.54. The van der Waals surface area contributed by atoms with Gasteiger partial charge in [0.05, 0.1) is 0 Å². The highest BCUT2D eigenvalue weighted by Gasteiger charge is 2.49. The minimum Gasteiger partial charge on any atom is -0.486 e. The molecule has 2 aliphatic rings. The number of amides is 3. The van der Waals surface area contributed by atoms with Crippen LogP contribution >= 0.6 is 0 Å². The fraction of sp³-hybridized carbons (Fsp3) is 0.333. The Morgan fingerprint density at radius 2 is 1.78 bits per heavy atom. The number of hydrogen-bond donors (Lipinski definition) is 1. The highest BCUT2D eigenvalue weighted by molar-refractivity contribution is 6.07. The van der Waals surface area contributed by atoms with E-state index in [0.29, 0.717) is 36.8 Å². The summed E-state index contributed by atoms with van der Waals surface area (Å²) in [7, 11) is 0. The topological polar surface area (TPSA) is 67.9 Å². The minimum atomic E-state index is -1.10. The standard InChI is InChI=1S/C21H22N2O4/c1-21(16-9-10-17-18(14-16)27-13-12-26-17)19(24)23(20(25)22-21)11-5-8-15-6-3-2-4-7-15/h2-4,6-7,9-10,14H,5,8,11-13H2,1H3,(H,22,25)/t21-/m1/s1. The average Bonchev–Trinajstić information content (AvgIpc) is 2.92. The summed E-state index contributed by atoms with van der Waals surface area (Å²) in [6.07, 6.45) is 1.54. The molecule has 140 valence electrons. The minimum absolute atomic E-state index is 0.239. The Morgan fingerprint density at radius 1 is 1.04 bits per heavy atom. The summed E-state index contributed by atoms with van der Waals surface area (Å²) >= 11 is 0. The van der Waals surface area contributed by atoms with E-state index in [1.807, 2.05) is 30.3 Å². The van der Waals surface area contributed by atoms with Crippen molar-refractivity contribution in [1.29, 1.82) is 0 Å². The predicted octanol–water partition coefficient (Wildman–Crippen LogP) is 2.86. The van der Waals surface area contributed by atoms with E-state index in [1.165, 1.54) is 10.5 Å². The number of hydrogen-bond acceptors (Lipinski definition) is 4. The van der Waals surface area contributed by atoms with E-state index in [-0.39, 0.29) is 11.9 Å². The van der Waals surface area contributed by atoms with Gasteiger partial charge in [-0.1, -0.05) is 36.4 Å². The molecule has 0 saturated carbocycles. The van der Waals surface area contributed by atoms with Gasteiger partial charge in [0.25, 0.3) is 5.91 Å². The first kappa shape index (κ1) is 17.4. The van der Waals surface area contributed by atoms with Crippen LogP contribution in [0.5, 0.6) is 11.5 Å².